The summed E-state index contributed by atoms with van der Waals surface area (Å²) < 4.78 is 0. The number of rotatable bonds is 5. The molecule has 9 nitrogen and oxygen atoms in total. The molecule has 1 amide bonds. The smallest absolute Gasteiger partial charge is 0.228 e. The van der Waals surface area contributed by atoms with Crippen molar-refractivity contribution >= 4 is 11.7 Å². The third-order valence-corrected chi connectivity index (χ3v) is 6.27. The highest BCUT2D eigenvalue weighted by Gasteiger charge is 2.28. The molecule has 0 fully saturated rings. The van der Waals surface area contributed by atoms with Crippen molar-refractivity contribution in [1.82, 2.24) is 30.2 Å². The van der Waals surface area contributed by atoms with Gasteiger partial charge in [0.1, 0.15) is 11.6 Å². The highest BCUT2D eigenvalue weighted by molar-refractivity contribution is 5.95. The molecule has 0 unspecified atom stereocenters. The van der Waals surface area contributed by atoms with Crippen molar-refractivity contribution in [2.24, 2.45) is 0 Å². The molecule has 2 aromatic heterocycles. The number of aliphatic hydroxyl groups excluding tert-OH is 1. The van der Waals surface area contributed by atoms with E-state index in [2.05, 4.69) is 25.4 Å². The van der Waals surface area contributed by atoms with Crippen LogP contribution in [0.25, 0.3) is 22.5 Å². The summed E-state index contributed by atoms with van der Waals surface area (Å²) in [5.41, 5.74) is 5.11. The summed E-state index contributed by atoms with van der Waals surface area (Å²) in [7, 11) is 0. The van der Waals surface area contributed by atoms with Crippen molar-refractivity contribution in [1.29, 1.82) is 0 Å². The van der Waals surface area contributed by atoms with Crippen LogP contribution in [0.5, 0.6) is 0 Å². The SMILES string of the molecule is Cc1nc(CO)c2c(n1)N(Cc1ccc(-c3ccccc3-c3nnn(C(C)(C)C)n3)cc1)C(=O)CC2. The van der Waals surface area contributed by atoms with Crippen molar-refractivity contribution in [3.05, 3.63) is 71.2 Å². The lowest BCUT2D eigenvalue weighted by molar-refractivity contribution is -0.119. The van der Waals surface area contributed by atoms with Gasteiger partial charge in [0, 0.05) is 17.5 Å². The summed E-state index contributed by atoms with van der Waals surface area (Å²) >= 11 is 0. The van der Waals surface area contributed by atoms with Gasteiger partial charge in [-0.05, 0) is 56.0 Å². The van der Waals surface area contributed by atoms with E-state index >= 15 is 0 Å². The van der Waals surface area contributed by atoms with Gasteiger partial charge in [0.05, 0.1) is 24.4 Å². The maximum absolute atomic E-state index is 12.8. The van der Waals surface area contributed by atoms with Gasteiger partial charge in [-0.3, -0.25) is 9.69 Å². The zero-order chi connectivity index (χ0) is 25.4. The first-order chi connectivity index (χ1) is 17.2. The maximum Gasteiger partial charge on any atom is 0.228 e. The van der Waals surface area contributed by atoms with E-state index in [0.717, 1.165) is 27.8 Å². The van der Waals surface area contributed by atoms with Crippen LogP contribution in [0, 0.1) is 6.92 Å². The van der Waals surface area contributed by atoms with Crippen LogP contribution in [-0.2, 0) is 29.9 Å². The number of carbonyl (C=O) groups excluding carboxylic acids is 1. The van der Waals surface area contributed by atoms with Gasteiger partial charge >= 0.3 is 0 Å². The molecular formula is C27H29N7O2. The lowest BCUT2D eigenvalue weighted by Crippen LogP contribution is -2.36. The van der Waals surface area contributed by atoms with Crippen LogP contribution >= 0.6 is 0 Å². The van der Waals surface area contributed by atoms with E-state index in [1.807, 2.05) is 69.3 Å². The average Bonchev–Trinajstić information content (AvgIpc) is 3.37. The van der Waals surface area contributed by atoms with Crippen LogP contribution in [0.4, 0.5) is 5.82 Å². The van der Waals surface area contributed by atoms with E-state index in [1.54, 1.807) is 16.6 Å². The summed E-state index contributed by atoms with van der Waals surface area (Å²) in [6.07, 6.45) is 0.921. The molecule has 0 radical (unpaired) electrons. The van der Waals surface area contributed by atoms with E-state index in [1.165, 1.54) is 0 Å². The normalized spacial score (nSPS) is 13.7. The molecule has 4 aromatic rings. The molecule has 5 rings (SSSR count). The molecule has 1 aliphatic rings. The quantitative estimate of drug-likeness (QED) is 0.459. The number of aryl methyl sites for hydroxylation is 1. The van der Waals surface area contributed by atoms with Crippen molar-refractivity contribution < 1.29 is 9.90 Å². The van der Waals surface area contributed by atoms with Crippen molar-refractivity contribution in [3.8, 4) is 22.5 Å². The Labute approximate surface area is 209 Å². The monoisotopic (exact) mass is 483 g/mol. The number of hydrogen-bond acceptors (Lipinski definition) is 7. The summed E-state index contributed by atoms with van der Waals surface area (Å²) in [6.45, 7) is 8.11. The lowest BCUT2D eigenvalue weighted by atomic mass is 9.97. The molecule has 2 aromatic carbocycles. The van der Waals surface area contributed by atoms with Crippen LogP contribution < -0.4 is 4.90 Å². The summed E-state index contributed by atoms with van der Waals surface area (Å²) in [5.74, 6) is 1.74. The number of benzene rings is 2. The van der Waals surface area contributed by atoms with Gasteiger partial charge in [0.2, 0.25) is 11.7 Å². The Kier molecular flexibility index (Phi) is 6.09. The van der Waals surface area contributed by atoms with Gasteiger partial charge in [-0.1, -0.05) is 48.5 Å². The third-order valence-electron chi connectivity index (χ3n) is 6.27. The molecular weight excluding hydrogens is 454 g/mol. The zero-order valence-electron chi connectivity index (χ0n) is 20.9. The Morgan fingerprint density at radius 3 is 2.36 bits per heavy atom. The van der Waals surface area contributed by atoms with E-state index in [-0.39, 0.29) is 18.1 Å². The number of aliphatic hydroxyl groups is 1. The highest BCUT2D eigenvalue weighted by Crippen LogP contribution is 2.32. The van der Waals surface area contributed by atoms with E-state index in [4.69, 9.17) is 0 Å². The predicted octanol–water partition coefficient (Wildman–Crippen LogP) is 3.83. The minimum Gasteiger partial charge on any atom is -0.390 e. The first-order valence-electron chi connectivity index (χ1n) is 12.0. The Balaban J connectivity index is 1.44. The highest BCUT2D eigenvalue weighted by atomic mass is 16.3. The molecule has 3 heterocycles. The molecule has 0 atom stereocenters. The first kappa shape index (κ1) is 23.7. The van der Waals surface area contributed by atoms with Crippen molar-refractivity contribution in [3.63, 3.8) is 0 Å². The standard InChI is InChI=1S/C27H29N7O2/c1-17-28-23(16-35)22-13-14-24(36)33(26(22)29-17)15-18-9-11-19(12-10-18)20-7-5-6-8-21(20)25-30-32-34(31-25)27(2,3)4/h5-12,35H,13-16H2,1-4H3. The minimum atomic E-state index is -0.256. The minimum absolute atomic E-state index is 0.0203. The van der Waals surface area contributed by atoms with Gasteiger partial charge in [-0.25, -0.2) is 9.97 Å². The molecule has 0 spiro atoms. The van der Waals surface area contributed by atoms with Crippen LogP contribution in [0.2, 0.25) is 0 Å². The van der Waals surface area contributed by atoms with E-state index in [0.29, 0.717) is 42.5 Å². The Hall–Kier alpha value is -3.98. The molecule has 0 saturated carbocycles. The van der Waals surface area contributed by atoms with E-state index < -0.39 is 0 Å². The fourth-order valence-electron chi connectivity index (χ4n) is 4.40. The Morgan fingerprint density at radius 2 is 1.69 bits per heavy atom. The number of carbonyl (C=O) groups is 1. The summed E-state index contributed by atoms with van der Waals surface area (Å²) in [4.78, 5) is 25.0. The van der Waals surface area contributed by atoms with Crippen LogP contribution in [0.1, 0.15) is 49.8 Å². The first-order valence-corrected chi connectivity index (χ1v) is 12.0. The van der Waals surface area contributed by atoms with Gasteiger partial charge in [-0.2, -0.15) is 4.80 Å². The molecule has 0 saturated heterocycles. The number of anilines is 1. The number of aromatic nitrogens is 6. The fraction of sp³-hybridized carbons (Fsp3) is 0.333. The second kappa shape index (κ2) is 9.23. The van der Waals surface area contributed by atoms with Crippen LogP contribution in [0.3, 0.4) is 0 Å². The van der Waals surface area contributed by atoms with Crippen molar-refractivity contribution in [2.45, 2.75) is 59.2 Å². The van der Waals surface area contributed by atoms with Crippen LogP contribution in [0.15, 0.2) is 48.5 Å². The molecule has 184 valence electrons. The fourth-order valence-corrected chi connectivity index (χ4v) is 4.40. The van der Waals surface area contributed by atoms with Gasteiger partial charge in [-0.15, -0.1) is 10.2 Å². The molecule has 0 bridgehead atoms. The van der Waals surface area contributed by atoms with Gasteiger partial charge < -0.3 is 5.11 Å². The number of nitrogens with zero attached hydrogens (tertiary/aromatic N) is 7. The van der Waals surface area contributed by atoms with E-state index in [9.17, 15) is 9.90 Å². The van der Waals surface area contributed by atoms with Crippen LogP contribution in [-0.4, -0.2) is 41.2 Å². The predicted molar refractivity (Wildman–Crippen MR) is 136 cm³/mol. The summed E-state index contributed by atoms with van der Waals surface area (Å²) in [5, 5.41) is 22.9. The van der Waals surface area contributed by atoms with Gasteiger partial charge in [0.25, 0.3) is 0 Å². The molecule has 9 heteroatoms. The lowest BCUT2D eigenvalue weighted by Gasteiger charge is -2.29. The van der Waals surface area contributed by atoms with Gasteiger partial charge in [0.15, 0.2) is 0 Å². The molecule has 1 aliphatic heterocycles. The largest absolute Gasteiger partial charge is 0.390 e. The third kappa shape index (κ3) is 4.49. The zero-order valence-corrected chi connectivity index (χ0v) is 20.9. The number of hydrogen-bond donors (Lipinski definition) is 1. The topological polar surface area (TPSA) is 110 Å². The number of fused-ring (bicyclic) bond motifs is 1. The Morgan fingerprint density at radius 1 is 0.972 bits per heavy atom. The number of tetrazole rings is 1. The van der Waals surface area contributed by atoms with Crippen molar-refractivity contribution in [2.75, 3.05) is 4.90 Å². The maximum atomic E-state index is 12.8. The number of amides is 1. The second-order valence-corrected chi connectivity index (χ2v) is 9.97. The Bertz CT molecular complexity index is 1420. The molecule has 36 heavy (non-hydrogen) atoms. The molecule has 0 aliphatic carbocycles. The summed E-state index contributed by atoms with van der Waals surface area (Å²) in [6, 6.07) is 16.1. The average molecular weight is 484 g/mol. The second-order valence-electron chi connectivity index (χ2n) is 9.97. The molecule has 1 N–H and O–H groups in total.